The molecule has 0 aromatic carbocycles. The monoisotopic (exact) mass is 175 g/mol. The van der Waals surface area contributed by atoms with Crippen LogP contribution < -0.4 is 5.73 Å². The number of primary amides is 1. The number of aromatic nitrogens is 2. The molecule has 2 N–H and O–H groups in total. The summed E-state index contributed by atoms with van der Waals surface area (Å²) in [6.07, 6.45) is 1.83. The Balaban J connectivity index is 2.76. The Morgan fingerprint density at radius 3 is 3.08 bits per heavy atom. The van der Waals surface area contributed by atoms with Gasteiger partial charge < -0.3 is 5.73 Å². The Labute approximate surface area is 75.0 Å². The van der Waals surface area contributed by atoms with E-state index in [0.29, 0.717) is 11.3 Å². The van der Waals surface area contributed by atoms with Crippen LogP contribution in [-0.4, -0.2) is 15.5 Å². The van der Waals surface area contributed by atoms with Gasteiger partial charge in [0.25, 0.3) is 5.91 Å². The summed E-state index contributed by atoms with van der Waals surface area (Å²) in [6, 6.07) is 5.48. The normalized spacial score (nSPS) is 10.5. The number of nitrogens with zero attached hydrogens (tertiary/aromatic N) is 2. The summed E-state index contributed by atoms with van der Waals surface area (Å²) in [5.41, 5.74) is 7.19. The van der Waals surface area contributed by atoms with Gasteiger partial charge in [0.05, 0.1) is 16.8 Å². The molecule has 0 saturated carbocycles. The highest BCUT2D eigenvalue weighted by molar-refractivity contribution is 5.94. The molecule has 1 amide bonds. The van der Waals surface area contributed by atoms with E-state index < -0.39 is 5.91 Å². The minimum Gasteiger partial charge on any atom is -0.366 e. The highest BCUT2D eigenvalue weighted by atomic mass is 16.1. The van der Waals surface area contributed by atoms with Crippen molar-refractivity contribution < 1.29 is 4.79 Å². The first-order chi connectivity index (χ1) is 6.18. The Bertz CT molecular complexity index is 473. The van der Waals surface area contributed by atoms with Gasteiger partial charge in [-0.05, 0) is 25.1 Å². The van der Waals surface area contributed by atoms with Crippen LogP contribution in [0.2, 0.25) is 0 Å². The lowest BCUT2D eigenvalue weighted by Crippen LogP contribution is -2.14. The molecule has 0 bridgehead atoms. The highest BCUT2D eigenvalue weighted by Gasteiger charge is 2.07. The Hall–Kier alpha value is -1.84. The molecule has 0 spiro atoms. The molecular weight excluding hydrogens is 166 g/mol. The molecular formula is C9H9N3O. The third-order valence-electron chi connectivity index (χ3n) is 1.96. The summed E-state index contributed by atoms with van der Waals surface area (Å²) < 4.78 is 1.71. The zero-order valence-corrected chi connectivity index (χ0v) is 7.19. The van der Waals surface area contributed by atoms with Crippen LogP contribution in [0.4, 0.5) is 0 Å². The largest absolute Gasteiger partial charge is 0.366 e. The molecule has 2 heterocycles. The molecule has 4 heteroatoms. The quantitative estimate of drug-likeness (QED) is 0.694. The smallest absolute Gasteiger partial charge is 0.250 e. The predicted octanol–water partition coefficient (Wildman–Crippen LogP) is 0.742. The lowest BCUT2D eigenvalue weighted by atomic mass is 10.2. The SMILES string of the molecule is Cc1nn2cccc2cc1C(N)=O. The number of nitrogens with two attached hydrogens (primary N) is 1. The van der Waals surface area contributed by atoms with E-state index in [9.17, 15) is 4.79 Å². The second kappa shape index (κ2) is 2.58. The van der Waals surface area contributed by atoms with Crippen LogP contribution in [0.1, 0.15) is 16.1 Å². The van der Waals surface area contributed by atoms with Gasteiger partial charge in [-0.3, -0.25) is 4.79 Å². The lowest BCUT2D eigenvalue weighted by Gasteiger charge is -2.01. The van der Waals surface area contributed by atoms with Crippen molar-refractivity contribution in [2.75, 3.05) is 0 Å². The second-order valence-electron chi connectivity index (χ2n) is 2.89. The number of carbonyl (C=O) groups is 1. The molecule has 13 heavy (non-hydrogen) atoms. The third kappa shape index (κ3) is 1.16. The Morgan fingerprint density at radius 2 is 2.38 bits per heavy atom. The maximum atomic E-state index is 11.0. The minimum absolute atomic E-state index is 0.436. The fourth-order valence-electron chi connectivity index (χ4n) is 1.31. The zero-order chi connectivity index (χ0) is 9.42. The number of hydrogen-bond acceptors (Lipinski definition) is 2. The number of rotatable bonds is 1. The number of carbonyl (C=O) groups excluding carboxylic acids is 1. The molecule has 0 saturated heterocycles. The van der Waals surface area contributed by atoms with Crippen LogP contribution in [0.25, 0.3) is 5.52 Å². The van der Waals surface area contributed by atoms with Crippen LogP contribution in [0, 0.1) is 6.92 Å². The minimum atomic E-state index is -0.436. The van der Waals surface area contributed by atoms with Gasteiger partial charge in [0, 0.05) is 6.20 Å². The predicted molar refractivity (Wildman–Crippen MR) is 48.4 cm³/mol. The molecule has 0 radical (unpaired) electrons. The van der Waals surface area contributed by atoms with Gasteiger partial charge >= 0.3 is 0 Å². The van der Waals surface area contributed by atoms with Crippen molar-refractivity contribution in [1.82, 2.24) is 9.61 Å². The molecule has 0 aliphatic heterocycles. The van der Waals surface area contributed by atoms with Crippen LogP contribution in [0.5, 0.6) is 0 Å². The first-order valence-electron chi connectivity index (χ1n) is 3.93. The maximum Gasteiger partial charge on any atom is 0.250 e. The van der Waals surface area contributed by atoms with Gasteiger partial charge in [-0.25, -0.2) is 4.52 Å². The van der Waals surface area contributed by atoms with E-state index in [1.165, 1.54) is 0 Å². The molecule has 0 atom stereocenters. The second-order valence-corrected chi connectivity index (χ2v) is 2.89. The first-order valence-corrected chi connectivity index (χ1v) is 3.93. The van der Waals surface area contributed by atoms with Crippen molar-refractivity contribution in [2.45, 2.75) is 6.92 Å². The van der Waals surface area contributed by atoms with Gasteiger partial charge in [0.2, 0.25) is 0 Å². The maximum absolute atomic E-state index is 11.0. The topological polar surface area (TPSA) is 60.4 Å². The van der Waals surface area contributed by atoms with Crippen molar-refractivity contribution in [3.8, 4) is 0 Å². The molecule has 2 aromatic heterocycles. The number of aryl methyl sites for hydroxylation is 1. The molecule has 4 nitrogen and oxygen atoms in total. The molecule has 0 aliphatic rings. The van der Waals surface area contributed by atoms with E-state index in [2.05, 4.69) is 5.10 Å². The summed E-state index contributed by atoms with van der Waals surface area (Å²) in [7, 11) is 0. The third-order valence-corrected chi connectivity index (χ3v) is 1.96. The molecule has 0 fully saturated rings. The molecule has 0 aliphatic carbocycles. The van der Waals surface area contributed by atoms with E-state index in [0.717, 1.165) is 5.52 Å². The Morgan fingerprint density at radius 1 is 1.62 bits per heavy atom. The summed E-state index contributed by atoms with van der Waals surface area (Å²) in [5, 5.41) is 4.17. The van der Waals surface area contributed by atoms with Gasteiger partial charge in [0.1, 0.15) is 0 Å². The average molecular weight is 175 g/mol. The summed E-state index contributed by atoms with van der Waals surface area (Å²) >= 11 is 0. The van der Waals surface area contributed by atoms with E-state index >= 15 is 0 Å². The van der Waals surface area contributed by atoms with Crippen molar-refractivity contribution in [3.05, 3.63) is 35.7 Å². The van der Waals surface area contributed by atoms with Gasteiger partial charge in [0.15, 0.2) is 0 Å². The zero-order valence-electron chi connectivity index (χ0n) is 7.19. The van der Waals surface area contributed by atoms with Gasteiger partial charge in [-0.1, -0.05) is 0 Å². The number of hydrogen-bond donors (Lipinski definition) is 1. The van der Waals surface area contributed by atoms with Crippen LogP contribution >= 0.6 is 0 Å². The van der Waals surface area contributed by atoms with Crippen LogP contribution in [0.15, 0.2) is 24.4 Å². The molecule has 2 aromatic rings. The van der Waals surface area contributed by atoms with E-state index in [-0.39, 0.29) is 0 Å². The first kappa shape index (κ1) is 7.79. The highest BCUT2D eigenvalue weighted by Crippen LogP contribution is 2.09. The fourth-order valence-corrected chi connectivity index (χ4v) is 1.31. The average Bonchev–Trinajstić information content (AvgIpc) is 2.48. The molecule has 0 unspecified atom stereocenters. The number of fused-ring (bicyclic) bond motifs is 1. The fraction of sp³-hybridized carbons (Fsp3) is 0.111. The van der Waals surface area contributed by atoms with Crippen molar-refractivity contribution in [1.29, 1.82) is 0 Å². The van der Waals surface area contributed by atoms with E-state index in [1.807, 2.05) is 18.3 Å². The summed E-state index contributed by atoms with van der Waals surface area (Å²) in [6.45, 7) is 1.76. The van der Waals surface area contributed by atoms with Crippen LogP contribution in [0.3, 0.4) is 0 Å². The summed E-state index contributed by atoms with van der Waals surface area (Å²) in [5.74, 6) is -0.436. The van der Waals surface area contributed by atoms with Gasteiger partial charge in [-0.2, -0.15) is 5.10 Å². The van der Waals surface area contributed by atoms with E-state index in [1.54, 1.807) is 17.5 Å². The lowest BCUT2D eigenvalue weighted by molar-refractivity contribution is 0.0999. The molecule has 2 rings (SSSR count). The summed E-state index contributed by atoms with van der Waals surface area (Å²) in [4.78, 5) is 11.0. The van der Waals surface area contributed by atoms with Crippen molar-refractivity contribution in [2.24, 2.45) is 5.73 Å². The van der Waals surface area contributed by atoms with Crippen molar-refractivity contribution >= 4 is 11.4 Å². The van der Waals surface area contributed by atoms with Crippen LogP contribution in [-0.2, 0) is 0 Å². The standard InChI is InChI=1S/C9H9N3O/c1-6-8(9(10)13)5-7-3-2-4-12(7)11-6/h2-5H,1H3,(H2,10,13). The Kier molecular flexibility index (Phi) is 1.55. The molecule has 66 valence electrons. The number of amides is 1. The van der Waals surface area contributed by atoms with Crippen molar-refractivity contribution in [3.63, 3.8) is 0 Å². The van der Waals surface area contributed by atoms with E-state index in [4.69, 9.17) is 5.73 Å². The van der Waals surface area contributed by atoms with Gasteiger partial charge in [-0.15, -0.1) is 0 Å².